The molecule has 1 amide bonds. The zero-order valence-electron chi connectivity index (χ0n) is 34.6. The summed E-state index contributed by atoms with van der Waals surface area (Å²) in [6, 6.07) is 13.8. The van der Waals surface area contributed by atoms with Gasteiger partial charge in [0.15, 0.2) is 0 Å². The molecular weight excluding hydrogens is 794 g/mol. The van der Waals surface area contributed by atoms with Gasteiger partial charge in [0.05, 0.1) is 41.2 Å². The average molecular weight is 845 g/mol. The zero-order chi connectivity index (χ0) is 41.8. The van der Waals surface area contributed by atoms with Crippen molar-refractivity contribution < 1.29 is 28.9 Å². The van der Waals surface area contributed by atoms with Crippen molar-refractivity contribution in [3.05, 3.63) is 92.0 Å². The summed E-state index contributed by atoms with van der Waals surface area (Å²) in [5.74, 6) is -0.0506. The number of rotatable bonds is 14. The Labute approximate surface area is 349 Å². The lowest BCUT2D eigenvalue weighted by atomic mass is 9.98. The van der Waals surface area contributed by atoms with E-state index in [9.17, 15) is 9.90 Å². The number of carboxylic acid groups (broad SMARTS) is 1. The van der Waals surface area contributed by atoms with Gasteiger partial charge in [0.25, 0.3) is 5.91 Å². The lowest BCUT2D eigenvalue weighted by Gasteiger charge is -2.34. The number of carbonyl (C=O) groups is 2. The van der Waals surface area contributed by atoms with E-state index in [2.05, 4.69) is 36.1 Å². The SMILES string of the molecule is COc1ccc(N2C[C@@H](C)n3c(c(CCCOc4cc(C)c(Cl)c(C)c4)c4ccc(Cl)c(-c5c(C)nn(COCC[Si](C)(C)C)c5C)c43)C2=O)c2[nH]c(C(=O)O)cc12. The van der Waals surface area contributed by atoms with Crippen LogP contribution in [0.15, 0.2) is 42.5 Å². The highest BCUT2D eigenvalue weighted by Gasteiger charge is 2.38. The van der Waals surface area contributed by atoms with Crippen LogP contribution in [0.1, 0.15) is 68.4 Å². The Hall–Kier alpha value is -4.75. The summed E-state index contributed by atoms with van der Waals surface area (Å²) >= 11 is 13.6. The Balaban J connectivity index is 1.35. The summed E-state index contributed by atoms with van der Waals surface area (Å²) in [6.45, 7) is 18.8. The average Bonchev–Trinajstić information content (AvgIpc) is 3.84. The van der Waals surface area contributed by atoms with E-state index in [1.807, 2.05) is 62.7 Å². The fraction of sp³-hybridized carbons (Fsp3) is 0.386. The van der Waals surface area contributed by atoms with E-state index in [0.29, 0.717) is 72.4 Å². The summed E-state index contributed by atoms with van der Waals surface area (Å²) in [6.07, 6.45) is 1.17. The van der Waals surface area contributed by atoms with E-state index >= 15 is 4.79 Å². The number of fused-ring (bicyclic) bond motifs is 4. The van der Waals surface area contributed by atoms with Crippen LogP contribution in [0.25, 0.3) is 32.9 Å². The molecule has 3 aromatic heterocycles. The van der Waals surface area contributed by atoms with Gasteiger partial charge in [-0.25, -0.2) is 9.48 Å². The van der Waals surface area contributed by atoms with Crippen LogP contribution in [0.4, 0.5) is 5.69 Å². The van der Waals surface area contributed by atoms with Crippen molar-refractivity contribution in [2.75, 3.05) is 31.8 Å². The van der Waals surface area contributed by atoms with Crippen molar-refractivity contribution in [3.63, 3.8) is 0 Å². The number of nitrogens with zero attached hydrogens (tertiary/aromatic N) is 4. The molecule has 0 aliphatic carbocycles. The van der Waals surface area contributed by atoms with Crippen LogP contribution in [0.3, 0.4) is 0 Å². The number of carboxylic acids is 1. The number of H-pyrrole nitrogens is 1. The molecule has 3 aromatic carbocycles. The highest BCUT2D eigenvalue weighted by atomic mass is 35.5. The Morgan fingerprint density at radius 2 is 1.72 bits per heavy atom. The number of halogens is 2. The molecule has 14 heteroatoms. The number of aromatic amines is 1. The highest BCUT2D eigenvalue weighted by molar-refractivity contribution is 6.76. The standard InChI is InChI=1S/C44H51Cl2N5O6Si/c1-24-19-29(20-25(2)39(24)46)57-16-10-11-30-31-12-13-33(45)38(37-27(4)48-50(28(37)5)23-56-17-18-58(7,8)9)41(31)51-26(3)22-49(43(52)42(30)51)35-14-15-36(55-6)32-21-34(44(53)54)47-40(32)35/h12-15,19-21,26,47H,10-11,16-18,22-23H2,1-9H3,(H,53,54)/t26-/m1/s1. The van der Waals surface area contributed by atoms with Crippen LogP contribution in [0, 0.1) is 27.7 Å². The molecule has 0 bridgehead atoms. The third kappa shape index (κ3) is 7.63. The van der Waals surface area contributed by atoms with E-state index in [0.717, 1.165) is 66.9 Å². The summed E-state index contributed by atoms with van der Waals surface area (Å²) < 4.78 is 22.0. The third-order valence-corrected chi connectivity index (χ3v) is 13.7. The van der Waals surface area contributed by atoms with Crippen molar-refractivity contribution in [2.24, 2.45) is 0 Å². The third-order valence-electron chi connectivity index (χ3n) is 11.1. The molecule has 0 fully saturated rings. The summed E-state index contributed by atoms with van der Waals surface area (Å²) in [5, 5.41) is 17.6. The lowest BCUT2D eigenvalue weighted by molar-refractivity contribution is 0.0691. The quantitative estimate of drug-likeness (QED) is 0.0826. The molecule has 2 N–H and O–H groups in total. The molecule has 58 heavy (non-hydrogen) atoms. The van der Waals surface area contributed by atoms with E-state index < -0.39 is 14.0 Å². The molecule has 306 valence electrons. The second-order valence-electron chi connectivity index (χ2n) is 16.6. The summed E-state index contributed by atoms with van der Waals surface area (Å²) in [4.78, 5) is 32.0. The largest absolute Gasteiger partial charge is 0.496 e. The summed E-state index contributed by atoms with van der Waals surface area (Å²) in [5.41, 5.74) is 8.80. The van der Waals surface area contributed by atoms with Crippen LogP contribution < -0.4 is 14.4 Å². The van der Waals surface area contributed by atoms with Crippen molar-refractivity contribution in [1.29, 1.82) is 0 Å². The fourth-order valence-corrected chi connectivity index (χ4v) is 9.33. The molecule has 0 spiro atoms. The molecule has 1 aliphatic rings. The Bertz CT molecular complexity index is 2560. The van der Waals surface area contributed by atoms with E-state index in [4.69, 9.17) is 42.5 Å². The first kappa shape index (κ1) is 41.4. The minimum absolute atomic E-state index is 0.00570. The maximum Gasteiger partial charge on any atom is 0.352 e. The first-order valence-electron chi connectivity index (χ1n) is 19.6. The number of hydrogen-bond acceptors (Lipinski definition) is 6. The van der Waals surface area contributed by atoms with Gasteiger partial charge in [-0.2, -0.15) is 5.10 Å². The minimum atomic E-state index is -1.26. The number of hydrogen-bond donors (Lipinski definition) is 2. The predicted octanol–water partition coefficient (Wildman–Crippen LogP) is 10.8. The molecule has 6 aromatic rings. The van der Waals surface area contributed by atoms with E-state index in [-0.39, 0.29) is 17.6 Å². The number of nitrogens with one attached hydrogen (secondary N) is 1. The van der Waals surface area contributed by atoms with Gasteiger partial charge >= 0.3 is 5.97 Å². The predicted molar refractivity (Wildman–Crippen MR) is 235 cm³/mol. The second-order valence-corrected chi connectivity index (χ2v) is 23.0. The van der Waals surface area contributed by atoms with E-state index in [1.165, 1.54) is 7.11 Å². The van der Waals surface area contributed by atoms with Crippen LogP contribution in [-0.2, 0) is 17.9 Å². The van der Waals surface area contributed by atoms with Gasteiger partial charge in [-0.05, 0) is 107 Å². The van der Waals surface area contributed by atoms with Gasteiger partial charge in [-0.15, -0.1) is 0 Å². The molecule has 7 rings (SSSR count). The number of amides is 1. The minimum Gasteiger partial charge on any atom is -0.496 e. The molecule has 11 nitrogen and oxygen atoms in total. The van der Waals surface area contributed by atoms with Crippen LogP contribution in [0.2, 0.25) is 35.7 Å². The number of methoxy groups -OCH3 is 1. The van der Waals surface area contributed by atoms with Crippen LogP contribution >= 0.6 is 23.2 Å². The maximum absolute atomic E-state index is 15.2. The van der Waals surface area contributed by atoms with Crippen molar-refractivity contribution in [3.8, 4) is 22.6 Å². The zero-order valence-corrected chi connectivity index (χ0v) is 37.1. The Morgan fingerprint density at radius 1 is 1.00 bits per heavy atom. The smallest absolute Gasteiger partial charge is 0.352 e. The van der Waals surface area contributed by atoms with Gasteiger partial charge < -0.3 is 33.8 Å². The fourth-order valence-electron chi connectivity index (χ4n) is 8.21. The van der Waals surface area contributed by atoms with Crippen LogP contribution in [0.5, 0.6) is 11.5 Å². The molecule has 0 saturated carbocycles. The van der Waals surface area contributed by atoms with Crippen molar-refractivity contribution >= 4 is 70.6 Å². The highest BCUT2D eigenvalue weighted by Crippen LogP contribution is 2.46. The first-order valence-corrected chi connectivity index (χ1v) is 24.1. The van der Waals surface area contributed by atoms with Crippen molar-refractivity contribution in [2.45, 2.75) is 85.9 Å². The molecule has 1 atom stereocenters. The number of anilines is 1. The van der Waals surface area contributed by atoms with Gasteiger partial charge in [0, 0.05) is 59.9 Å². The normalized spacial score (nSPS) is 14.5. The molecule has 1 aliphatic heterocycles. The number of carbonyl (C=O) groups excluding carboxylic acids is 1. The van der Waals surface area contributed by atoms with Crippen LogP contribution in [-0.4, -0.2) is 71.3 Å². The van der Waals surface area contributed by atoms with Gasteiger partial charge in [-0.1, -0.05) is 48.9 Å². The van der Waals surface area contributed by atoms with Gasteiger partial charge in [-0.3, -0.25) is 4.79 Å². The molecule has 0 saturated heterocycles. The topological polar surface area (TPSA) is 124 Å². The van der Waals surface area contributed by atoms with E-state index in [1.54, 1.807) is 17.0 Å². The second kappa shape index (κ2) is 16.1. The maximum atomic E-state index is 15.2. The Morgan fingerprint density at radius 3 is 2.40 bits per heavy atom. The number of ether oxygens (including phenoxy) is 3. The molecular formula is C44H51Cl2N5O6Si. The number of aromatic nitrogens is 4. The molecule has 4 heterocycles. The molecule has 0 radical (unpaired) electrons. The van der Waals surface area contributed by atoms with Crippen molar-refractivity contribution in [1.82, 2.24) is 19.3 Å². The number of benzene rings is 3. The molecule has 0 unspecified atom stereocenters. The Kier molecular flexibility index (Phi) is 11.5. The van der Waals surface area contributed by atoms with Gasteiger partial charge in [0.2, 0.25) is 0 Å². The number of aromatic carboxylic acids is 1. The lowest BCUT2D eigenvalue weighted by Crippen LogP contribution is -2.42. The first-order chi connectivity index (χ1) is 27.5. The monoisotopic (exact) mass is 843 g/mol. The van der Waals surface area contributed by atoms with Gasteiger partial charge in [0.1, 0.15) is 29.6 Å². The summed E-state index contributed by atoms with van der Waals surface area (Å²) in [7, 11) is 0.275. The number of aryl methyl sites for hydroxylation is 4.